The number of aliphatic hydroxyl groups excluding tert-OH is 1. The molecule has 0 aliphatic heterocycles. The average molecular weight is 238 g/mol. The van der Waals surface area contributed by atoms with Crippen molar-refractivity contribution >= 4 is 6.09 Å². The summed E-state index contributed by atoms with van der Waals surface area (Å²) in [4.78, 5) is 15.3. The topological polar surface area (TPSA) is 71.5 Å². The minimum Gasteiger partial charge on any atom is -0.445 e. The van der Waals surface area contributed by atoms with Crippen molar-refractivity contribution in [1.82, 2.24) is 10.3 Å². The highest BCUT2D eigenvalue weighted by Crippen LogP contribution is 2.02. The van der Waals surface area contributed by atoms with Crippen LogP contribution in [-0.4, -0.2) is 28.8 Å². The Morgan fingerprint density at radius 1 is 1.47 bits per heavy atom. The molecule has 1 rings (SSSR count). The maximum absolute atomic E-state index is 11.4. The molecule has 0 aliphatic carbocycles. The molecule has 1 aromatic heterocycles. The number of nitrogens with one attached hydrogen (secondary N) is 1. The van der Waals surface area contributed by atoms with Crippen LogP contribution in [0.4, 0.5) is 4.79 Å². The predicted molar refractivity (Wildman–Crippen MR) is 63.3 cm³/mol. The fourth-order valence-electron chi connectivity index (χ4n) is 1.24. The summed E-state index contributed by atoms with van der Waals surface area (Å²) < 4.78 is 5.02. The molecule has 0 saturated heterocycles. The third-order valence-corrected chi connectivity index (χ3v) is 2.42. The summed E-state index contributed by atoms with van der Waals surface area (Å²) >= 11 is 0. The van der Waals surface area contributed by atoms with Gasteiger partial charge in [0, 0.05) is 12.4 Å². The second-order valence-electron chi connectivity index (χ2n) is 4.11. The van der Waals surface area contributed by atoms with E-state index in [4.69, 9.17) is 9.84 Å². The number of aliphatic hydroxyl groups is 1. The number of aromatic nitrogens is 1. The molecule has 2 N–H and O–H groups in total. The van der Waals surface area contributed by atoms with Crippen LogP contribution < -0.4 is 5.32 Å². The smallest absolute Gasteiger partial charge is 0.407 e. The maximum Gasteiger partial charge on any atom is 0.407 e. The molecule has 0 spiro atoms. The van der Waals surface area contributed by atoms with Crippen molar-refractivity contribution in [2.45, 2.75) is 26.5 Å². The Kier molecular flexibility index (Phi) is 5.42. The summed E-state index contributed by atoms with van der Waals surface area (Å²) in [6.45, 7) is 3.95. The van der Waals surface area contributed by atoms with E-state index in [0.29, 0.717) is 0 Å². The van der Waals surface area contributed by atoms with Crippen molar-refractivity contribution in [3.63, 3.8) is 0 Å². The van der Waals surface area contributed by atoms with E-state index in [1.165, 1.54) is 0 Å². The molecule has 1 atom stereocenters. The predicted octanol–water partition coefficient (Wildman–Crippen LogP) is 1.32. The molecular formula is C12H18N2O3. The van der Waals surface area contributed by atoms with Gasteiger partial charge in [-0.15, -0.1) is 0 Å². The van der Waals surface area contributed by atoms with E-state index >= 15 is 0 Å². The standard InChI is InChI=1S/C12H18N2O3/c1-9(2)11(7-15)14-12(16)17-8-10-3-5-13-6-4-10/h3-6,9,11,15H,7-8H2,1-2H3,(H,14,16)/t11-/m0/s1. The molecule has 17 heavy (non-hydrogen) atoms. The van der Waals surface area contributed by atoms with E-state index in [0.717, 1.165) is 5.56 Å². The second-order valence-corrected chi connectivity index (χ2v) is 4.11. The van der Waals surface area contributed by atoms with Crippen LogP contribution in [0, 0.1) is 5.92 Å². The summed E-state index contributed by atoms with van der Waals surface area (Å²) in [5.41, 5.74) is 0.875. The number of hydrogen-bond donors (Lipinski definition) is 2. The molecule has 0 unspecified atom stereocenters. The van der Waals surface area contributed by atoms with Crippen molar-refractivity contribution in [3.05, 3.63) is 30.1 Å². The summed E-state index contributed by atoms with van der Waals surface area (Å²) in [6, 6.07) is 3.28. The lowest BCUT2D eigenvalue weighted by Crippen LogP contribution is -2.41. The number of pyridine rings is 1. The van der Waals surface area contributed by atoms with Crippen LogP contribution in [-0.2, 0) is 11.3 Å². The molecule has 0 radical (unpaired) electrons. The van der Waals surface area contributed by atoms with E-state index in [1.54, 1.807) is 24.5 Å². The highest BCUT2D eigenvalue weighted by molar-refractivity contribution is 5.67. The van der Waals surface area contributed by atoms with Crippen molar-refractivity contribution in [1.29, 1.82) is 0 Å². The van der Waals surface area contributed by atoms with E-state index in [9.17, 15) is 4.79 Å². The third kappa shape index (κ3) is 4.82. The molecule has 0 aromatic carbocycles. The molecule has 94 valence electrons. The van der Waals surface area contributed by atoms with Gasteiger partial charge in [-0.1, -0.05) is 13.8 Å². The van der Waals surface area contributed by atoms with Crippen LogP contribution in [0.15, 0.2) is 24.5 Å². The number of carbonyl (C=O) groups excluding carboxylic acids is 1. The summed E-state index contributed by atoms with van der Waals surface area (Å²) in [6.07, 6.45) is 2.76. The lowest BCUT2D eigenvalue weighted by atomic mass is 10.1. The van der Waals surface area contributed by atoms with Gasteiger partial charge in [-0.05, 0) is 23.6 Å². The Morgan fingerprint density at radius 3 is 2.65 bits per heavy atom. The van der Waals surface area contributed by atoms with E-state index in [1.807, 2.05) is 13.8 Å². The Hall–Kier alpha value is -1.62. The number of alkyl carbamates (subject to hydrolysis) is 1. The van der Waals surface area contributed by atoms with Gasteiger partial charge in [-0.3, -0.25) is 4.98 Å². The SMILES string of the molecule is CC(C)[C@H](CO)NC(=O)OCc1ccncc1. The Balaban J connectivity index is 2.35. The molecule has 1 amide bonds. The maximum atomic E-state index is 11.4. The van der Waals surface area contributed by atoms with Gasteiger partial charge in [0.05, 0.1) is 12.6 Å². The first-order valence-corrected chi connectivity index (χ1v) is 5.56. The van der Waals surface area contributed by atoms with E-state index < -0.39 is 6.09 Å². The zero-order valence-corrected chi connectivity index (χ0v) is 10.1. The minimum atomic E-state index is -0.519. The first-order valence-electron chi connectivity index (χ1n) is 5.56. The molecular weight excluding hydrogens is 220 g/mol. The molecule has 5 heteroatoms. The highest BCUT2D eigenvalue weighted by atomic mass is 16.5. The van der Waals surface area contributed by atoms with Crippen molar-refractivity contribution < 1.29 is 14.6 Å². The van der Waals surface area contributed by atoms with Gasteiger partial charge in [0.15, 0.2) is 0 Å². The Labute approximate surface area is 101 Å². The number of carbonyl (C=O) groups is 1. The number of ether oxygens (including phenoxy) is 1. The minimum absolute atomic E-state index is 0.0952. The first kappa shape index (κ1) is 13.4. The molecule has 0 saturated carbocycles. The van der Waals surface area contributed by atoms with Crippen LogP contribution in [0.2, 0.25) is 0 Å². The number of nitrogens with zero attached hydrogens (tertiary/aromatic N) is 1. The number of amides is 1. The fraction of sp³-hybridized carbons (Fsp3) is 0.500. The lowest BCUT2D eigenvalue weighted by molar-refractivity contribution is 0.123. The van der Waals surface area contributed by atoms with Crippen LogP contribution in [0.3, 0.4) is 0 Å². The fourth-order valence-corrected chi connectivity index (χ4v) is 1.24. The summed E-state index contributed by atoms with van der Waals surface area (Å²) in [5, 5.41) is 11.7. The van der Waals surface area contributed by atoms with Gasteiger partial charge in [0.1, 0.15) is 6.61 Å². The van der Waals surface area contributed by atoms with Gasteiger partial charge in [0.25, 0.3) is 0 Å². The van der Waals surface area contributed by atoms with Crippen LogP contribution >= 0.6 is 0 Å². The van der Waals surface area contributed by atoms with Crippen molar-refractivity contribution in [2.75, 3.05) is 6.61 Å². The van der Waals surface area contributed by atoms with E-state index in [-0.39, 0.29) is 25.2 Å². The van der Waals surface area contributed by atoms with Crippen molar-refractivity contribution in [3.8, 4) is 0 Å². The van der Waals surface area contributed by atoms with Gasteiger partial charge in [0.2, 0.25) is 0 Å². The largest absolute Gasteiger partial charge is 0.445 e. The monoisotopic (exact) mass is 238 g/mol. The molecule has 0 aliphatic rings. The quantitative estimate of drug-likeness (QED) is 0.811. The summed E-state index contributed by atoms with van der Waals surface area (Å²) in [7, 11) is 0. The first-order chi connectivity index (χ1) is 8.13. The zero-order chi connectivity index (χ0) is 12.7. The molecule has 1 aromatic rings. The highest BCUT2D eigenvalue weighted by Gasteiger charge is 2.15. The summed E-state index contributed by atoms with van der Waals surface area (Å²) in [5.74, 6) is 0.161. The normalized spacial score (nSPS) is 12.2. The number of hydrogen-bond acceptors (Lipinski definition) is 4. The van der Waals surface area contributed by atoms with Crippen molar-refractivity contribution in [2.24, 2.45) is 5.92 Å². The zero-order valence-electron chi connectivity index (χ0n) is 10.1. The van der Waals surface area contributed by atoms with Crippen LogP contribution in [0.1, 0.15) is 19.4 Å². The molecule has 5 nitrogen and oxygen atoms in total. The van der Waals surface area contributed by atoms with Gasteiger partial charge in [-0.25, -0.2) is 4.79 Å². The lowest BCUT2D eigenvalue weighted by Gasteiger charge is -2.19. The molecule has 0 fully saturated rings. The average Bonchev–Trinajstić information content (AvgIpc) is 2.34. The van der Waals surface area contributed by atoms with Gasteiger partial charge >= 0.3 is 6.09 Å². The Bertz CT molecular complexity index is 341. The third-order valence-electron chi connectivity index (χ3n) is 2.42. The molecule has 0 bridgehead atoms. The van der Waals surface area contributed by atoms with Crippen LogP contribution in [0.5, 0.6) is 0 Å². The van der Waals surface area contributed by atoms with Gasteiger partial charge in [-0.2, -0.15) is 0 Å². The second kappa shape index (κ2) is 6.85. The molecule has 1 heterocycles. The van der Waals surface area contributed by atoms with Crippen LogP contribution in [0.25, 0.3) is 0 Å². The number of rotatable bonds is 5. The Morgan fingerprint density at radius 2 is 2.12 bits per heavy atom. The van der Waals surface area contributed by atoms with Gasteiger partial charge < -0.3 is 15.2 Å². The van der Waals surface area contributed by atoms with E-state index in [2.05, 4.69) is 10.3 Å².